The molecule has 0 aromatic carbocycles. The monoisotopic (exact) mass is 181 g/mol. The molecule has 1 saturated heterocycles. The maximum absolute atomic E-state index is 10.6. The molecule has 1 heterocycles. The van der Waals surface area contributed by atoms with Gasteiger partial charge in [-0.05, 0) is 6.92 Å². The van der Waals surface area contributed by atoms with Gasteiger partial charge in [0.05, 0.1) is 0 Å². The molecule has 1 fully saturated rings. The largest absolute Gasteiger partial charge is 1.00 e. The van der Waals surface area contributed by atoms with E-state index >= 15 is 0 Å². The van der Waals surface area contributed by atoms with E-state index in [0.29, 0.717) is 0 Å². The molecule has 0 aromatic heterocycles. The third kappa shape index (κ3) is 6.43. The predicted octanol–water partition coefficient (Wildman–Crippen LogP) is -0.858. The summed E-state index contributed by atoms with van der Waals surface area (Å²) in [5, 5.41) is 4.09. The number of ketones is 1. The van der Waals surface area contributed by atoms with Crippen LogP contribution in [0, 0.1) is 0 Å². The van der Waals surface area contributed by atoms with Crippen LogP contribution in [0.4, 0.5) is 0 Å². The Morgan fingerprint density at radius 1 is 1.45 bits per heavy atom. The van der Waals surface area contributed by atoms with Crippen molar-refractivity contribution >= 4 is 5.78 Å². The molecular weight excluding hydrogens is 165 g/mol. The van der Waals surface area contributed by atoms with Gasteiger partial charge >= 0.3 is 51.4 Å². The Bertz CT molecular complexity index is 100. The number of hydrogen-bond acceptors (Lipinski definition) is 1. The summed E-state index contributed by atoms with van der Waals surface area (Å²) in [6, 6.07) is 0.0509. The number of Topliss-reactive ketones (excluding diaryl/α,β-unsaturated/α-hetero) is 1. The first-order chi connectivity index (χ1) is 4.80. The quantitative estimate of drug-likeness (QED) is 0.484. The Labute approximate surface area is 112 Å². The van der Waals surface area contributed by atoms with Crippen molar-refractivity contribution in [3.05, 3.63) is 5.32 Å². The van der Waals surface area contributed by atoms with Gasteiger partial charge in [0.2, 0.25) is 0 Å². The Balaban J connectivity index is 0. The summed E-state index contributed by atoms with van der Waals surface area (Å²) in [5.41, 5.74) is 0. The molecule has 60 valence electrons. The second-order valence-electron chi connectivity index (χ2n) is 2.17. The first kappa shape index (κ1) is 14.8. The van der Waals surface area contributed by atoms with Crippen LogP contribution in [-0.4, -0.2) is 18.4 Å². The fraction of sp³-hybridized carbons (Fsp3) is 0.875. The predicted molar refractivity (Wildman–Crippen MR) is 43.3 cm³/mol. The zero-order valence-corrected chi connectivity index (χ0v) is 11.2. The van der Waals surface area contributed by atoms with E-state index < -0.39 is 0 Å². The molecule has 1 aliphatic heterocycles. The zero-order valence-electron chi connectivity index (χ0n) is 8.05. The standard InChI is InChI=1S/C6H10NO.C2H6.K/c1-5(8)6-3-2-4-7-6;1-2;/h6H,2-4H2,1H3;1-2H3;/q-1;;+1. The third-order valence-corrected chi connectivity index (χ3v) is 1.45. The molecule has 0 saturated carbocycles. The van der Waals surface area contributed by atoms with Gasteiger partial charge in [0, 0.05) is 0 Å². The number of nitrogens with zero attached hydrogens (tertiary/aromatic N) is 1. The minimum absolute atomic E-state index is 0. The number of carbonyl (C=O) groups is 1. The van der Waals surface area contributed by atoms with Crippen molar-refractivity contribution in [2.75, 3.05) is 6.54 Å². The molecule has 11 heavy (non-hydrogen) atoms. The summed E-state index contributed by atoms with van der Waals surface area (Å²) in [6.07, 6.45) is 2.08. The fourth-order valence-corrected chi connectivity index (χ4v) is 0.955. The van der Waals surface area contributed by atoms with Crippen LogP contribution in [0.15, 0.2) is 0 Å². The molecule has 1 unspecified atom stereocenters. The van der Waals surface area contributed by atoms with E-state index in [1.54, 1.807) is 6.92 Å². The van der Waals surface area contributed by atoms with E-state index in [2.05, 4.69) is 5.32 Å². The first-order valence-electron chi connectivity index (χ1n) is 3.98. The Morgan fingerprint density at radius 3 is 2.18 bits per heavy atom. The van der Waals surface area contributed by atoms with Crippen molar-refractivity contribution in [1.29, 1.82) is 0 Å². The van der Waals surface area contributed by atoms with Crippen LogP contribution in [0.2, 0.25) is 0 Å². The summed E-state index contributed by atoms with van der Waals surface area (Å²) < 4.78 is 0. The first-order valence-corrected chi connectivity index (χ1v) is 3.98. The van der Waals surface area contributed by atoms with Crippen molar-refractivity contribution in [2.24, 2.45) is 0 Å². The van der Waals surface area contributed by atoms with Gasteiger partial charge in [-0.3, -0.25) is 0 Å². The van der Waals surface area contributed by atoms with E-state index in [-0.39, 0.29) is 63.2 Å². The topological polar surface area (TPSA) is 31.2 Å². The normalized spacial score (nSPS) is 21.2. The van der Waals surface area contributed by atoms with Crippen LogP contribution in [-0.2, 0) is 4.79 Å². The third-order valence-electron chi connectivity index (χ3n) is 1.45. The van der Waals surface area contributed by atoms with Crippen LogP contribution in [0.1, 0.15) is 33.6 Å². The average Bonchev–Trinajstić information content (AvgIpc) is 2.42. The van der Waals surface area contributed by atoms with Crippen molar-refractivity contribution in [1.82, 2.24) is 0 Å². The molecule has 0 aliphatic carbocycles. The molecule has 3 heteroatoms. The maximum atomic E-state index is 10.6. The van der Waals surface area contributed by atoms with Gasteiger partial charge < -0.3 is 10.1 Å². The van der Waals surface area contributed by atoms with E-state index in [4.69, 9.17) is 0 Å². The van der Waals surface area contributed by atoms with Crippen LogP contribution in [0.5, 0.6) is 0 Å². The van der Waals surface area contributed by atoms with Crippen molar-refractivity contribution in [3.8, 4) is 0 Å². The number of rotatable bonds is 1. The second-order valence-corrected chi connectivity index (χ2v) is 2.17. The van der Waals surface area contributed by atoms with E-state index in [0.717, 1.165) is 19.4 Å². The molecule has 1 aliphatic rings. The minimum Gasteiger partial charge on any atom is -0.653 e. The van der Waals surface area contributed by atoms with E-state index in [1.165, 1.54) is 0 Å². The van der Waals surface area contributed by atoms with Crippen LogP contribution in [0.25, 0.3) is 5.32 Å². The molecule has 1 atom stereocenters. The molecule has 2 nitrogen and oxygen atoms in total. The second kappa shape index (κ2) is 9.36. The van der Waals surface area contributed by atoms with Crippen molar-refractivity contribution < 1.29 is 56.2 Å². The van der Waals surface area contributed by atoms with E-state index in [1.807, 2.05) is 13.8 Å². The van der Waals surface area contributed by atoms with Gasteiger partial charge in [-0.2, -0.15) is 0 Å². The fourth-order valence-electron chi connectivity index (χ4n) is 0.955. The van der Waals surface area contributed by atoms with Crippen molar-refractivity contribution in [2.45, 2.75) is 39.7 Å². The molecule has 0 radical (unpaired) electrons. The summed E-state index contributed by atoms with van der Waals surface area (Å²) in [5.74, 6) is 0.225. The molecule has 0 amide bonds. The van der Waals surface area contributed by atoms with Gasteiger partial charge in [0.1, 0.15) is 5.78 Å². The van der Waals surface area contributed by atoms with Gasteiger partial charge in [-0.1, -0.05) is 32.7 Å². The SMILES string of the molecule is CC.CC(=O)C1CCC[N-]1.[K+]. The Morgan fingerprint density at radius 2 is 2.00 bits per heavy atom. The van der Waals surface area contributed by atoms with Gasteiger partial charge in [0.15, 0.2) is 0 Å². The van der Waals surface area contributed by atoms with Gasteiger partial charge in [-0.25, -0.2) is 0 Å². The molecule has 0 N–H and O–H groups in total. The molecule has 0 bridgehead atoms. The summed E-state index contributed by atoms with van der Waals surface area (Å²) in [7, 11) is 0. The van der Waals surface area contributed by atoms with Crippen LogP contribution < -0.4 is 51.4 Å². The summed E-state index contributed by atoms with van der Waals surface area (Å²) in [4.78, 5) is 10.6. The Hall–Kier alpha value is 1.27. The van der Waals surface area contributed by atoms with Crippen LogP contribution in [0.3, 0.4) is 0 Å². The number of hydrogen-bond donors (Lipinski definition) is 0. The summed E-state index contributed by atoms with van der Waals surface area (Å²) in [6.45, 7) is 6.50. The maximum Gasteiger partial charge on any atom is 1.00 e. The minimum atomic E-state index is 0. The summed E-state index contributed by atoms with van der Waals surface area (Å²) >= 11 is 0. The van der Waals surface area contributed by atoms with Crippen molar-refractivity contribution in [3.63, 3.8) is 0 Å². The molecule has 0 aromatic rings. The average molecular weight is 181 g/mol. The smallest absolute Gasteiger partial charge is 0.653 e. The Kier molecular flexibility index (Phi) is 12.6. The van der Waals surface area contributed by atoms with E-state index in [9.17, 15) is 4.79 Å². The number of carbonyl (C=O) groups excluding carboxylic acids is 1. The van der Waals surface area contributed by atoms with Gasteiger partial charge in [0.25, 0.3) is 0 Å². The molecule has 0 spiro atoms. The zero-order chi connectivity index (χ0) is 7.98. The van der Waals surface area contributed by atoms with Gasteiger partial charge in [-0.15, -0.1) is 6.54 Å². The molecular formula is C8H16KNO. The van der Waals surface area contributed by atoms with Crippen LogP contribution >= 0.6 is 0 Å². The molecule has 1 rings (SSSR count).